The summed E-state index contributed by atoms with van der Waals surface area (Å²) < 4.78 is 7.92. The fourth-order valence-corrected chi connectivity index (χ4v) is 5.48. The molecule has 45 heavy (non-hydrogen) atoms. The Bertz CT molecular complexity index is 1470. The van der Waals surface area contributed by atoms with Crippen LogP contribution in [0.5, 0.6) is 5.75 Å². The Morgan fingerprint density at radius 1 is 1.07 bits per heavy atom. The second kappa shape index (κ2) is 16.1. The minimum atomic E-state index is -1.01. The lowest BCUT2D eigenvalue weighted by Crippen LogP contribution is -2.48. The highest BCUT2D eigenvalue weighted by Crippen LogP contribution is 2.27. The highest BCUT2D eigenvalue weighted by atomic mass is 16.5. The van der Waals surface area contributed by atoms with E-state index in [1.807, 2.05) is 17.2 Å². The van der Waals surface area contributed by atoms with Crippen LogP contribution in [0.4, 0.5) is 11.8 Å². The Kier molecular flexibility index (Phi) is 12.0. The third-order valence-corrected chi connectivity index (χ3v) is 8.10. The average molecular weight is 623 g/mol. The molecule has 0 aliphatic carbocycles. The van der Waals surface area contributed by atoms with E-state index in [1.165, 1.54) is 6.92 Å². The summed E-state index contributed by atoms with van der Waals surface area (Å²) in [6.07, 6.45) is 5.44. The molecule has 1 aromatic carbocycles. The normalized spacial score (nSPS) is 14.3. The number of carbonyl (C=O) groups excluding carboxylic acids is 2. The number of carboxylic acid groups (broad SMARTS) is 1. The maximum Gasteiger partial charge on any atom is 0.306 e. The van der Waals surface area contributed by atoms with Gasteiger partial charge in [-0.1, -0.05) is 38.8 Å². The first-order valence-corrected chi connectivity index (χ1v) is 15.7. The summed E-state index contributed by atoms with van der Waals surface area (Å²) in [7, 11) is 1.68. The Morgan fingerprint density at radius 2 is 1.84 bits per heavy atom. The van der Waals surface area contributed by atoms with E-state index in [4.69, 9.17) is 15.6 Å². The first kappa shape index (κ1) is 33.5. The van der Waals surface area contributed by atoms with Gasteiger partial charge in [-0.25, -0.2) is 4.98 Å². The number of carbonyl (C=O) groups is 3. The second-order valence-corrected chi connectivity index (χ2v) is 11.6. The van der Waals surface area contributed by atoms with Crippen LogP contribution in [0.25, 0.3) is 11.0 Å². The fourth-order valence-electron chi connectivity index (χ4n) is 5.48. The van der Waals surface area contributed by atoms with Gasteiger partial charge in [0.25, 0.3) is 0 Å². The standard InChI is InChI=1S/C32H46N8O5/c1-4-5-6-11-35-30-29-25(36-32(33)37-30)10-13-40(29)21-24-8-7-23(19-26(24)45-3)20-38-14-16-39(17-15-38)28(42)9-12-34-27(41)18-22(2)31(43)44/h7-8,10,13,19,22H,4-6,9,11-12,14-18,20-21H2,1-3H3,(H,34,41)(H,43,44)(H3,33,35,36,37)/t22-/m1/s1. The number of methoxy groups -OCH3 is 1. The van der Waals surface area contributed by atoms with Crippen molar-refractivity contribution in [2.24, 2.45) is 5.92 Å². The molecule has 2 aromatic heterocycles. The molecule has 2 amide bonds. The van der Waals surface area contributed by atoms with Crippen LogP contribution in [0.15, 0.2) is 30.5 Å². The van der Waals surface area contributed by atoms with Crippen molar-refractivity contribution in [2.45, 2.75) is 59.0 Å². The van der Waals surface area contributed by atoms with Crippen molar-refractivity contribution in [2.75, 3.05) is 57.4 Å². The predicted octanol–water partition coefficient (Wildman–Crippen LogP) is 2.93. The number of nitrogens with two attached hydrogens (primary N) is 1. The zero-order chi connectivity index (χ0) is 32.3. The van der Waals surface area contributed by atoms with Crippen LogP contribution in [0.2, 0.25) is 0 Å². The molecule has 0 bridgehead atoms. The molecule has 1 aliphatic heterocycles. The Labute approximate surface area is 264 Å². The van der Waals surface area contributed by atoms with Gasteiger partial charge in [0.05, 0.1) is 25.1 Å². The maximum atomic E-state index is 12.6. The van der Waals surface area contributed by atoms with Crippen molar-refractivity contribution in [1.82, 2.24) is 29.7 Å². The number of hydrogen-bond donors (Lipinski definition) is 4. The molecule has 3 heterocycles. The Hall–Kier alpha value is -4.39. The first-order valence-electron chi connectivity index (χ1n) is 15.7. The van der Waals surface area contributed by atoms with Crippen LogP contribution < -0.4 is 21.1 Å². The highest BCUT2D eigenvalue weighted by molar-refractivity contribution is 5.87. The van der Waals surface area contributed by atoms with Crippen molar-refractivity contribution in [1.29, 1.82) is 0 Å². The topological polar surface area (TPSA) is 168 Å². The number of fused-ring (bicyclic) bond motifs is 1. The number of aliphatic carboxylic acids is 1. The molecule has 0 spiro atoms. The molecule has 244 valence electrons. The summed E-state index contributed by atoms with van der Waals surface area (Å²) in [5.41, 5.74) is 9.85. The predicted molar refractivity (Wildman–Crippen MR) is 173 cm³/mol. The summed E-state index contributed by atoms with van der Waals surface area (Å²) in [5.74, 6) is -0.352. The molecule has 1 atom stereocenters. The van der Waals surface area contributed by atoms with Gasteiger partial charge in [0.1, 0.15) is 11.3 Å². The van der Waals surface area contributed by atoms with E-state index in [0.717, 1.165) is 79.2 Å². The van der Waals surface area contributed by atoms with Crippen LogP contribution in [0.1, 0.15) is 57.1 Å². The van der Waals surface area contributed by atoms with E-state index in [1.54, 1.807) is 7.11 Å². The number of piperazine rings is 1. The quantitative estimate of drug-likeness (QED) is 0.174. The highest BCUT2D eigenvalue weighted by Gasteiger charge is 2.22. The van der Waals surface area contributed by atoms with Crippen molar-refractivity contribution in [3.63, 3.8) is 0 Å². The number of nitrogens with one attached hydrogen (secondary N) is 2. The number of benzene rings is 1. The van der Waals surface area contributed by atoms with E-state index in [0.29, 0.717) is 19.6 Å². The lowest BCUT2D eigenvalue weighted by atomic mass is 10.1. The van der Waals surface area contributed by atoms with Crippen LogP contribution in [-0.4, -0.2) is 93.6 Å². The molecule has 0 unspecified atom stereocenters. The van der Waals surface area contributed by atoms with Gasteiger partial charge in [0, 0.05) is 70.4 Å². The molecule has 5 N–H and O–H groups in total. The van der Waals surface area contributed by atoms with Gasteiger partial charge in [0.2, 0.25) is 17.8 Å². The molecule has 1 fully saturated rings. The first-order chi connectivity index (χ1) is 21.7. The SMILES string of the molecule is CCCCCNc1nc(N)nc2ccn(Cc3ccc(CN4CCN(C(=O)CCNC(=O)C[C@@H](C)C(=O)O)CC4)cc3OC)c12. The smallest absolute Gasteiger partial charge is 0.306 e. The molecule has 0 radical (unpaired) electrons. The third kappa shape index (κ3) is 9.30. The van der Waals surface area contributed by atoms with Crippen molar-refractivity contribution in [3.05, 3.63) is 41.6 Å². The van der Waals surface area contributed by atoms with Crippen molar-refractivity contribution < 1.29 is 24.2 Å². The molecule has 4 rings (SSSR count). The number of unbranched alkanes of at least 4 members (excludes halogenated alkanes) is 2. The summed E-state index contributed by atoms with van der Waals surface area (Å²) in [5, 5.41) is 15.0. The summed E-state index contributed by atoms with van der Waals surface area (Å²) in [4.78, 5) is 48.5. The number of nitrogens with zero attached hydrogens (tertiary/aromatic N) is 5. The molecular formula is C32H46N8O5. The number of nitrogen functional groups attached to an aromatic ring is 1. The van der Waals surface area contributed by atoms with Crippen LogP contribution in [0.3, 0.4) is 0 Å². The van der Waals surface area contributed by atoms with Gasteiger partial charge in [0.15, 0.2) is 5.82 Å². The van der Waals surface area contributed by atoms with Crippen LogP contribution in [-0.2, 0) is 27.5 Å². The van der Waals surface area contributed by atoms with Gasteiger partial charge in [-0.2, -0.15) is 4.98 Å². The number of hydrogen-bond acceptors (Lipinski definition) is 9. The van der Waals surface area contributed by atoms with E-state index in [-0.39, 0.29) is 37.1 Å². The Balaban J connectivity index is 1.30. The number of aromatic nitrogens is 3. The molecule has 13 heteroatoms. The fraction of sp³-hybridized carbons (Fsp3) is 0.531. The lowest BCUT2D eigenvalue weighted by molar-refractivity contribution is -0.143. The summed E-state index contributed by atoms with van der Waals surface area (Å²) in [6.45, 7) is 8.71. The van der Waals surface area contributed by atoms with E-state index < -0.39 is 11.9 Å². The van der Waals surface area contributed by atoms with Crippen LogP contribution >= 0.6 is 0 Å². The average Bonchev–Trinajstić information content (AvgIpc) is 3.42. The third-order valence-electron chi connectivity index (χ3n) is 8.10. The maximum absolute atomic E-state index is 12.6. The molecule has 13 nitrogen and oxygen atoms in total. The molecule has 1 aliphatic rings. The molecule has 0 saturated carbocycles. The monoisotopic (exact) mass is 622 g/mol. The zero-order valence-electron chi connectivity index (χ0n) is 26.6. The van der Waals surface area contributed by atoms with E-state index in [9.17, 15) is 14.4 Å². The number of ether oxygens (including phenoxy) is 1. The van der Waals surface area contributed by atoms with Crippen molar-refractivity contribution in [3.8, 4) is 5.75 Å². The summed E-state index contributed by atoms with van der Waals surface area (Å²) >= 11 is 0. The van der Waals surface area contributed by atoms with Gasteiger partial charge in [-0.05, 0) is 24.1 Å². The molecule has 1 saturated heterocycles. The van der Waals surface area contributed by atoms with Gasteiger partial charge in [-0.15, -0.1) is 0 Å². The van der Waals surface area contributed by atoms with E-state index >= 15 is 0 Å². The second-order valence-electron chi connectivity index (χ2n) is 11.6. The Morgan fingerprint density at radius 3 is 2.56 bits per heavy atom. The number of rotatable bonds is 16. The zero-order valence-corrected chi connectivity index (χ0v) is 26.6. The minimum absolute atomic E-state index is 0.0165. The van der Waals surface area contributed by atoms with Gasteiger partial charge >= 0.3 is 5.97 Å². The van der Waals surface area contributed by atoms with Crippen LogP contribution in [0, 0.1) is 5.92 Å². The number of amides is 2. The number of anilines is 2. The molecular weight excluding hydrogens is 576 g/mol. The minimum Gasteiger partial charge on any atom is -0.496 e. The van der Waals surface area contributed by atoms with Gasteiger partial charge < -0.3 is 35.7 Å². The van der Waals surface area contributed by atoms with E-state index in [2.05, 4.69) is 55.2 Å². The van der Waals surface area contributed by atoms with Crippen molar-refractivity contribution >= 4 is 40.6 Å². The number of carboxylic acids is 1. The lowest BCUT2D eigenvalue weighted by Gasteiger charge is -2.35. The van der Waals surface area contributed by atoms with Gasteiger partial charge in [-0.3, -0.25) is 19.3 Å². The summed E-state index contributed by atoms with van der Waals surface area (Å²) in [6, 6.07) is 8.24. The largest absolute Gasteiger partial charge is 0.496 e. The molecule has 3 aromatic rings.